The molecule has 1 aliphatic carbocycles. The summed E-state index contributed by atoms with van der Waals surface area (Å²) in [4.78, 5) is 0. The van der Waals surface area contributed by atoms with Gasteiger partial charge in [-0.2, -0.15) is 0 Å². The van der Waals surface area contributed by atoms with Gasteiger partial charge in [-0.15, -0.1) is 0 Å². The van der Waals surface area contributed by atoms with E-state index >= 15 is 0 Å². The largest absolute Gasteiger partial charge is 0.388 e. The van der Waals surface area contributed by atoms with Crippen molar-refractivity contribution in [3.63, 3.8) is 0 Å². The fourth-order valence-electron chi connectivity index (χ4n) is 2.91. The highest BCUT2D eigenvalue weighted by Crippen LogP contribution is 2.42. The molecule has 0 aliphatic heterocycles. The van der Waals surface area contributed by atoms with Crippen molar-refractivity contribution in [2.45, 2.75) is 24.9 Å². The van der Waals surface area contributed by atoms with Crippen LogP contribution in [0.25, 0.3) is 0 Å². The van der Waals surface area contributed by atoms with Crippen molar-refractivity contribution >= 4 is 0 Å². The highest BCUT2D eigenvalue weighted by atomic mass is 19.1. The van der Waals surface area contributed by atoms with Crippen molar-refractivity contribution < 1.29 is 13.9 Å². The lowest BCUT2D eigenvalue weighted by atomic mass is 9.90. The second-order valence-corrected chi connectivity index (χ2v) is 4.92. The molecule has 0 heterocycles. The van der Waals surface area contributed by atoms with Crippen LogP contribution in [0.15, 0.2) is 42.5 Å². The summed E-state index contributed by atoms with van der Waals surface area (Å²) in [6, 6.07) is 11.4. The van der Waals surface area contributed by atoms with Crippen LogP contribution in [-0.2, 0) is 6.42 Å². The maximum Gasteiger partial charge on any atom is 0.131 e. The molecule has 0 aromatic heterocycles. The van der Waals surface area contributed by atoms with Gasteiger partial charge in [0.2, 0.25) is 0 Å². The minimum Gasteiger partial charge on any atom is -0.388 e. The third kappa shape index (κ3) is 2.04. The van der Waals surface area contributed by atoms with Crippen LogP contribution in [0.2, 0.25) is 0 Å². The fraction of sp³-hybridized carbons (Fsp3) is 0.250. The zero-order chi connectivity index (χ0) is 13.4. The molecule has 0 spiro atoms. The zero-order valence-corrected chi connectivity index (χ0v) is 10.3. The second kappa shape index (κ2) is 4.74. The van der Waals surface area contributed by atoms with E-state index in [1.54, 1.807) is 0 Å². The van der Waals surface area contributed by atoms with E-state index in [-0.39, 0.29) is 11.5 Å². The second-order valence-electron chi connectivity index (χ2n) is 4.92. The monoisotopic (exact) mass is 260 g/mol. The number of halogens is 2. The normalized spacial score (nSPS) is 19.2. The van der Waals surface area contributed by atoms with Crippen LogP contribution in [0, 0.1) is 11.6 Å². The van der Waals surface area contributed by atoms with Gasteiger partial charge in [0.05, 0.1) is 11.7 Å². The Balaban J connectivity index is 2.00. The van der Waals surface area contributed by atoms with Crippen LogP contribution in [0.4, 0.5) is 8.78 Å². The van der Waals surface area contributed by atoms with Crippen molar-refractivity contribution in [1.29, 1.82) is 0 Å². The van der Waals surface area contributed by atoms with Gasteiger partial charge in [0, 0.05) is 5.92 Å². The molecule has 98 valence electrons. The Morgan fingerprint density at radius 2 is 1.68 bits per heavy atom. The molecule has 3 heteroatoms. The Bertz CT molecular complexity index is 589. The number of aryl methyl sites for hydroxylation is 1. The number of hydrogen-bond donors (Lipinski definition) is 1. The summed E-state index contributed by atoms with van der Waals surface area (Å²) in [6.07, 6.45) is 0.423. The van der Waals surface area contributed by atoms with Crippen LogP contribution in [-0.4, -0.2) is 5.11 Å². The van der Waals surface area contributed by atoms with Gasteiger partial charge < -0.3 is 5.11 Å². The van der Waals surface area contributed by atoms with E-state index in [0.29, 0.717) is 6.42 Å². The Kier molecular flexibility index (Phi) is 3.07. The predicted octanol–water partition coefficient (Wildman–Crippen LogP) is 3.73. The average Bonchev–Trinajstić information content (AvgIpc) is 2.82. The quantitative estimate of drug-likeness (QED) is 0.872. The Hall–Kier alpha value is -1.74. The first-order valence-corrected chi connectivity index (χ1v) is 6.38. The highest BCUT2D eigenvalue weighted by molar-refractivity contribution is 5.38. The summed E-state index contributed by atoms with van der Waals surface area (Å²) in [6.45, 7) is 0. The van der Waals surface area contributed by atoms with E-state index in [9.17, 15) is 13.9 Å². The first-order valence-electron chi connectivity index (χ1n) is 6.38. The topological polar surface area (TPSA) is 20.2 Å². The standard InChI is InChI=1S/C16H14F2O/c17-13-6-3-7-14(18)15(13)16(19)12-9-8-10-4-1-2-5-11(10)12/h1-7,12,16,19H,8-9H2. The highest BCUT2D eigenvalue weighted by Gasteiger charge is 2.32. The first kappa shape index (κ1) is 12.3. The van der Waals surface area contributed by atoms with E-state index in [1.807, 2.05) is 24.3 Å². The average molecular weight is 260 g/mol. The molecule has 1 aliphatic rings. The lowest BCUT2D eigenvalue weighted by Crippen LogP contribution is -2.12. The van der Waals surface area contributed by atoms with E-state index in [0.717, 1.165) is 17.5 Å². The van der Waals surface area contributed by atoms with E-state index in [4.69, 9.17) is 0 Å². The van der Waals surface area contributed by atoms with E-state index in [1.165, 1.54) is 18.2 Å². The number of hydrogen-bond acceptors (Lipinski definition) is 1. The lowest BCUT2D eigenvalue weighted by Gasteiger charge is -2.20. The Labute approximate surface area is 110 Å². The molecule has 2 aromatic rings. The van der Waals surface area contributed by atoms with Gasteiger partial charge in [0.1, 0.15) is 11.6 Å². The van der Waals surface area contributed by atoms with Crippen LogP contribution < -0.4 is 0 Å². The molecule has 0 saturated carbocycles. The molecule has 1 nitrogen and oxygen atoms in total. The molecule has 19 heavy (non-hydrogen) atoms. The maximum absolute atomic E-state index is 13.7. The lowest BCUT2D eigenvalue weighted by molar-refractivity contribution is 0.136. The Morgan fingerprint density at radius 1 is 1.00 bits per heavy atom. The Morgan fingerprint density at radius 3 is 2.42 bits per heavy atom. The smallest absolute Gasteiger partial charge is 0.131 e. The van der Waals surface area contributed by atoms with Crippen LogP contribution in [0.1, 0.15) is 35.1 Å². The molecule has 0 amide bonds. The summed E-state index contributed by atoms with van der Waals surface area (Å²) in [5, 5.41) is 10.3. The SMILES string of the molecule is OC(c1c(F)cccc1F)C1CCc2ccccc21. The number of rotatable bonds is 2. The zero-order valence-electron chi connectivity index (χ0n) is 10.3. The maximum atomic E-state index is 13.7. The number of fused-ring (bicyclic) bond motifs is 1. The number of aliphatic hydroxyl groups is 1. The van der Waals surface area contributed by atoms with E-state index < -0.39 is 17.7 Å². The van der Waals surface area contributed by atoms with Crippen LogP contribution in [0.3, 0.4) is 0 Å². The van der Waals surface area contributed by atoms with Crippen LogP contribution in [0.5, 0.6) is 0 Å². The van der Waals surface area contributed by atoms with Gasteiger partial charge in [-0.05, 0) is 36.1 Å². The molecule has 2 aromatic carbocycles. The first-order chi connectivity index (χ1) is 9.18. The number of aliphatic hydroxyl groups excluding tert-OH is 1. The molecule has 2 unspecified atom stereocenters. The number of benzene rings is 2. The van der Waals surface area contributed by atoms with Gasteiger partial charge in [-0.25, -0.2) is 8.78 Å². The molecular formula is C16H14F2O. The third-order valence-corrected chi connectivity index (χ3v) is 3.86. The molecular weight excluding hydrogens is 246 g/mol. The van der Waals surface area contributed by atoms with Crippen molar-refractivity contribution in [2.24, 2.45) is 0 Å². The minimum atomic E-state index is -1.13. The van der Waals surface area contributed by atoms with Gasteiger partial charge in [0.25, 0.3) is 0 Å². The molecule has 0 fully saturated rings. The molecule has 0 saturated heterocycles. The fourth-order valence-corrected chi connectivity index (χ4v) is 2.91. The van der Waals surface area contributed by atoms with Crippen LogP contribution >= 0.6 is 0 Å². The summed E-state index contributed by atoms with van der Waals surface area (Å²) in [7, 11) is 0. The summed E-state index contributed by atoms with van der Waals surface area (Å²) < 4.78 is 27.5. The van der Waals surface area contributed by atoms with Gasteiger partial charge >= 0.3 is 0 Å². The molecule has 1 N–H and O–H groups in total. The van der Waals surface area contributed by atoms with Crippen molar-refractivity contribution in [2.75, 3.05) is 0 Å². The molecule has 2 atom stereocenters. The minimum absolute atomic E-state index is 0.218. The summed E-state index contributed by atoms with van der Waals surface area (Å²) in [5.74, 6) is -1.60. The van der Waals surface area contributed by atoms with Crippen molar-refractivity contribution in [3.8, 4) is 0 Å². The molecule has 0 radical (unpaired) electrons. The van der Waals surface area contributed by atoms with Gasteiger partial charge in [-0.1, -0.05) is 30.3 Å². The molecule has 3 rings (SSSR count). The van der Waals surface area contributed by atoms with Crippen molar-refractivity contribution in [3.05, 3.63) is 70.8 Å². The predicted molar refractivity (Wildman–Crippen MR) is 68.8 cm³/mol. The van der Waals surface area contributed by atoms with Crippen molar-refractivity contribution in [1.82, 2.24) is 0 Å². The molecule has 0 bridgehead atoms. The summed E-state index contributed by atoms with van der Waals surface area (Å²) in [5.41, 5.74) is 1.94. The van der Waals surface area contributed by atoms with Gasteiger partial charge in [0.15, 0.2) is 0 Å². The summed E-state index contributed by atoms with van der Waals surface area (Å²) >= 11 is 0. The van der Waals surface area contributed by atoms with Gasteiger partial charge in [-0.3, -0.25) is 0 Å². The third-order valence-electron chi connectivity index (χ3n) is 3.86. The van der Waals surface area contributed by atoms with E-state index in [2.05, 4.69) is 0 Å².